The number of hydrogen-bond acceptors (Lipinski definition) is 5. The van der Waals surface area contributed by atoms with Gasteiger partial charge in [0.05, 0.1) is 33.7 Å². The van der Waals surface area contributed by atoms with E-state index in [1.54, 1.807) is 6.92 Å². The molecule has 0 saturated carbocycles. The zero-order valence-electron chi connectivity index (χ0n) is 11.3. The first-order chi connectivity index (χ1) is 8.23. The fourth-order valence-electron chi connectivity index (χ4n) is 1.76. The van der Waals surface area contributed by atoms with Crippen molar-refractivity contribution in [1.82, 2.24) is 0 Å². The number of quaternary nitrogens is 1. The maximum Gasteiger partial charge on any atom is 0.306 e. The molecule has 106 valence electrons. The first-order valence-electron chi connectivity index (χ1n) is 6.08. The van der Waals surface area contributed by atoms with Gasteiger partial charge in [-0.2, -0.15) is 0 Å². The second kappa shape index (κ2) is 8.05. The largest absolute Gasteiger partial charge is 0.550 e. The Balaban J connectivity index is 3.66. The molecule has 1 atom stereocenters. The summed E-state index contributed by atoms with van der Waals surface area (Å²) >= 11 is 0. The van der Waals surface area contributed by atoms with Gasteiger partial charge in [-0.1, -0.05) is 0 Å². The average molecular weight is 261 g/mol. The van der Waals surface area contributed by atoms with Gasteiger partial charge in [-0.15, -0.1) is 0 Å². The molecule has 0 aliphatic rings. The van der Waals surface area contributed by atoms with Gasteiger partial charge in [0.15, 0.2) is 0 Å². The van der Waals surface area contributed by atoms with Crippen LogP contribution in [0.15, 0.2) is 0 Å². The Bertz CT molecular complexity index is 276. The van der Waals surface area contributed by atoms with Crippen molar-refractivity contribution in [1.29, 1.82) is 0 Å². The Morgan fingerprint density at radius 2 is 1.94 bits per heavy atom. The zero-order chi connectivity index (χ0) is 14.2. The number of likely N-dealkylation sites (N-methyl/N-ethyl adjacent to an activating group) is 1. The lowest BCUT2D eigenvalue weighted by Crippen LogP contribution is -2.45. The maximum absolute atomic E-state index is 11.1. The number of rotatable bonds is 9. The molecule has 0 aliphatic heterocycles. The molecule has 0 aliphatic carbocycles. The number of ether oxygens (including phenoxy) is 1. The third kappa shape index (κ3) is 10.0. The van der Waals surface area contributed by atoms with Gasteiger partial charge in [0.1, 0.15) is 12.6 Å². The number of aliphatic hydroxyl groups excluding tert-OH is 1. The molecule has 0 saturated heterocycles. The van der Waals surface area contributed by atoms with Crippen LogP contribution >= 0.6 is 0 Å². The van der Waals surface area contributed by atoms with E-state index >= 15 is 0 Å². The summed E-state index contributed by atoms with van der Waals surface area (Å²) in [6.45, 7) is 3.42. The average Bonchev–Trinajstić information content (AvgIpc) is 2.19. The van der Waals surface area contributed by atoms with Gasteiger partial charge in [-0.05, 0) is 13.3 Å². The molecule has 0 aromatic carbocycles. The number of carboxylic acids is 1. The van der Waals surface area contributed by atoms with Crippen LogP contribution in [-0.2, 0) is 14.3 Å². The minimum atomic E-state index is -1.25. The predicted octanol–water partition coefficient (Wildman–Crippen LogP) is -1.09. The first-order valence-corrected chi connectivity index (χ1v) is 6.08. The lowest BCUT2D eigenvalue weighted by atomic mass is 10.3. The van der Waals surface area contributed by atoms with Crippen LogP contribution in [0.1, 0.15) is 26.2 Å². The minimum absolute atomic E-state index is 0.145. The maximum atomic E-state index is 11.1. The van der Waals surface area contributed by atoms with E-state index in [-0.39, 0.29) is 25.6 Å². The van der Waals surface area contributed by atoms with Gasteiger partial charge in [-0.3, -0.25) is 4.79 Å². The molecule has 0 heterocycles. The number of carbonyl (C=O) groups is 2. The van der Waals surface area contributed by atoms with E-state index in [2.05, 4.69) is 0 Å². The van der Waals surface area contributed by atoms with E-state index in [4.69, 9.17) is 4.74 Å². The van der Waals surface area contributed by atoms with Crippen LogP contribution in [0.4, 0.5) is 0 Å². The Labute approximate surface area is 108 Å². The molecule has 0 fully saturated rings. The van der Waals surface area contributed by atoms with Crippen LogP contribution in [-0.4, -0.2) is 61.4 Å². The van der Waals surface area contributed by atoms with Crippen molar-refractivity contribution in [2.75, 3.05) is 33.8 Å². The van der Waals surface area contributed by atoms with Crippen LogP contribution in [0.2, 0.25) is 0 Å². The molecule has 0 spiro atoms. The van der Waals surface area contributed by atoms with Gasteiger partial charge in [0, 0.05) is 12.4 Å². The molecule has 1 N–H and O–H groups in total. The lowest BCUT2D eigenvalue weighted by Gasteiger charge is -2.30. The fraction of sp³-hybridized carbons (Fsp3) is 0.833. The van der Waals surface area contributed by atoms with Crippen LogP contribution in [0.5, 0.6) is 0 Å². The van der Waals surface area contributed by atoms with Crippen molar-refractivity contribution >= 4 is 11.9 Å². The van der Waals surface area contributed by atoms with Crippen LogP contribution < -0.4 is 5.11 Å². The summed E-state index contributed by atoms with van der Waals surface area (Å²) in [7, 11) is 3.98. The highest BCUT2D eigenvalue weighted by molar-refractivity contribution is 5.75. The van der Waals surface area contributed by atoms with Crippen molar-refractivity contribution in [2.24, 2.45) is 0 Å². The summed E-state index contributed by atoms with van der Waals surface area (Å²) in [5, 5.41) is 19.4. The highest BCUT2D eigenvalue weighted by atomic mass is 16.5. The Morgan fingerprint density at radius 1 is 1.33 bits per heavy atom. The normalized spacial score (nSPS) is 13.1. The second-order valence-electron chi connectivity index (χ2n) is 5.14. The monoisotopic (exact) mass is 261 g/mol. The zero-order valence-corrected chi connectivity index (χ0v) is 11.3. The molecule has 0 amide bonds. The van der Waals surface area contributed by atoms with Gasteiger partial charge in [-0.25, -0.2) is 0 Å². The van der Waals surface area contributed by atoms with Crippen molar-refractivity contribution in [2.45, 2.75) is 32.3 Å². The topological polar surface area (TPSA) is 86.7 Å². The summed E-state index contributed by atoms with van der Waals surface area (Å²) < 4.78 is 5.54. The van der Waals surface area contributed by atoms with E-state index in [1.165, 1.54) is 0 Å². The van der Waals surface area contributed by atoms with Gasteiger partial charge < -0.3 is 24.2 Å². The van der Waals surface area contributed by atoms with Crippen molar-refractivity contribution in [3.05, 3.63) is 0 Å². The molecular weight excluding hydrogens is 238 g/mol. The third-order valence-corrected chi connectivity index (χ3v) is 2.46. The molecular formula is C12H23NO5. The highest BCUT2D eigenvalue weighted by Gasteiger charge is 2.17. The van der Waals surface area contributed by atoms with Crippen LogP contribution in [0, 0.1) is 0 Å². The molecule has 0 aromatic rings. The number of hydrogen-bond donors (Lipinski definition) is 1. The number of carboxylic acid groups (broad SMARTS) is 1. The van der Waals surface area contributed by atoms with E-state index in [0.717, 1.165) is 6.54 Å². The van der Waals surface area contributed by atoms with Gasteiger partial charge >= 0.3 is 5.97 Å². The molecule has 0 rings (SSSR count). The van der Waals surface area contributed by atoms with Gasteiger partial charge in [0.25, 0.3) is 0 Å². The molecule has 0 radical (unpaired) electrons. The van der Waals surface area contributed by atoms with Crippen molar-refractivity contribution in [3.8, 4) is 0 Å². The summed E-state index contributed by atoms with van der Waals surface area (Å²) in [6, 6.07) is 0. The quantitative estimate of drug-likeness (QED) is 0.324. The molecule has 18 heavy (non-hydrogen) atoms. The number of aliphatic hydroxyl groups is 1. The molecule has 0 aromatic heterocycles. The molecule has 0 bridgehead atoms. The number of nitrogens with zero attached hydrogens (tertiary/aromatic N) is 1. The fourth-order valence-corrected chi connectivity index (χ4v) is 1.76. The standard InChI is InChI=1S/C12H23NO5/c1-10(14)9-13(2,3)7-4-8-18-12(17)6-5-11(15)16/h10,14H,4-9H2,1-3H3. The minimum Gasteiger partial charge on any atom is -0.550 e. The number of aliphatic carboxylic acids is 1. The van der Waals surface area contributed by atoms with Crippen molar-refractivity contribution < 1.29 is 29.0 Å². The van der Waals surface area contributed by atoms with Crippen LogP contribution in [0.3, 0.4) is 0 Å². The number of esters is 1. The Kier molecular flexibility index (Phi) is 7.54. The molecule has 6 heteroatoms. The van der Waals surface area contributed by atoms with E-state index in [0.29, 0.717) is 17.4 Å². The lowest BCUT2D eigenvalue weighted by molar-refractivity contribution is -0.893. The van der Waals surface area contributed by atoms with Crippen molar-refractivity contribution in [3.63, 3.8) is 0 Å². The van der Waals surface area contributed by atoms with E-state index in [1.807, 2.05) is 14.1 Å². The van der Waals surface area contributed by atoms with Gasteiger partial charge in [0.2, 0.25) is 0 Å². The van der Waals surface area contributed by atoms with E-state index in [9.17, 15) is 19.8 Å². The summed E-state index contributed by atoms with van der Waals surface area (Å²) in [5.74, 6) is -1.76. The molecule has 6 nitrogen and oxygen atoms in total. The predicted molar refractivity (Wildman–Crippen MR) is 63.3 cm³/mol. The highest BCUT2D eigenvalue weighted by Crippen LogP contribution is 2.02. The Hall–Kier alpha value is -1.14. The van der Waals surface area contributed by atoms with Crippen LogP contribution in [0.25, 0.3) is 0 Å². The Morgan fingerprint density at radius 3 is 2.44 bits per heavy atom. The molecule has 1 unspecified atom stereocenters. The number of carbonyl (C=O) groups excluding carboxylic acids is 2. The summed E-state index contributed by atoms with van der Waals surface area (Å²) in [4.78, 5) is 21.2. The smallest absolute Gasteiger partial charge is 0.306 e. The van der Waals surface area contributed by atoms with E-state index < -0.39 is 11.9 Å². The summed E-state index contributed by atoms with van der Waals surface area (Å²) in [5.41, 5.74) is 0. The SMILES string of the molecule is CC(O)C[N+](C)(C)CCCOC(=O)CCC(=O)[O-]. The second-order valence-corrected chi connectivity index (χ2v) is 5.14. The first kappa shape index (κ1) is 16.9. The summed E-state index contributed by atoms with van der Waals surface area (Å²) in [6.07, 6.45) is -0.140. The third-order valence-electron chi connectivity index (χ3n) is 2.46.